The van der Waals surface area contributed by atoms with Gasteiger partial charge in [0.1, 0.15) is 0 Å². The van der Waals surface area contributed by atoms with Crippen molar-refractivity contribution in [3.63, 3.8) is 0 Å². The number of hydrogen-bond acceptors (Lipinski definition) is 3. The average molecular weight is 283 g/mol. The van der Waals surface area contributed by atoms with E-state index < -0.39 is 0 Å². The highest BCUT2D eigenvalue weighted by Gasteiger charge is 2.29. The van der Waals surface area contributed by atoms with Gasteiger partial charge in [-0.3, -0.25) is 4.79 Å². The van der Waals surface area contributed by atoms with Crippen molar-refractivity contribution in [3.05, 3.63) is 21.4 Å². The zero-order valence-electron chi connectivity index (χ0n) is 11.3. The normalized spacial score (nSPS) is 23.3. The van der Waals surface area contributed by atoms with E-state index in [0.29, 0.717) is 11.3 Å². The van der Waals surface area contributed by atoms with Gasteiger partial charge in [0.05, 0.1) is 5.56 Å². The Morgan fingerprint density at radius 3 is 2.89 bits per heavy atom. The second kappa shape index (κ2) is 6.11. The van der Waals surface area contributed by atoms with Gasteiger partial charge in [-0.2, -0.15) is 11.8 Å². The molecule has 0 saturated heterocycles. The summed E-state index contributed by atoms with van der Waals surface area (Å²) in [6.07, 6.45) is 3.61. The van der Waals surface area contributed by atoms with Crippen molar-refractivity contribution in [2.75, 3.05) is 5.75 Å². The van der Waals surface area contributed by atoms with Crippen molar-refractivity contribution >= 4 is 29.0 Å². The molecule has 0 spiro atoms. The number of carbonyl (C=O) groups is 1. The molecule has 0 unspecified atom stereocenters. The summed E-state index contributed by atoms with van der Waals surface area (Å²) in [5.74, 6) is 1.25. The molecule has 2 nitrogen and oxygen atoms in total. The standard InChI is InChI=1S/C14H21NOS2/c1-4-17-13-7-5-6-12(13)15-14(16)11-8-9(2)18-10(11)3/h8,12-13H,4-7H2,1-3H3,(H,15,16)/t12-,13+/m1/s1. The zero-order valence-corrected chi connectivity index (χ0v) is 12.9. The molecule has 1 aromatic rings. The lowest BCUT2D eigenvalue weighted by Crippen LogP contribution is -2.38. The van der Waals surface area contributed by atoms with Gasteiger partial charge in [-0.15, -0.1) is 11.3 Å². The van der Waals surface area contributed by atoms with Crippen molar-refractivity contribution in [2.24, 2.45) is 0 Å². The summed E-state index contributed by atoms with van der Waals surface area (Å²) in [6, 6.07) is 2.37. The molecule has 100 valence electrons. The number of nitrogens with one attached hydrogen (secondary N) is 1. The van der Waals surface area contributed by atoms with Crippen molar-refractivity contribution in [1.82, 2.24) is 5.32 Å². The van der Waals surface area contributed by atoms with Crippen molar-refractivity contribution in [3.8, 4) is 0 Å². The van der Waals surface area contributed by atoms with Crippen LogP contribution in [0.1, 0.15) is 46.3 Å². The van der Waals surface area contributed by atoms with Gasteiger partial charge < -0.3 is 5.32 Å². The monoisotopic (exact) mass is 283 g/mol. The number of thioether (sulfide) groups is 1. The Labute approximate surface area is 118 Å². The fraction of sp³-hybridized carbons (Fsp3) is 0.643. The number of amides is 1. The van der Waals surface area contributed by atoms with E-state index >= 15 is 0 Å². The molecule has 1 saturated carbocycles. The van der Waals surface area contributed by atoms with E-state index in [1.807, 2.05) is 24.8 Å². The van der Waals surface area contributed by atoms with Gasteiger partial charge in [0.2, 0.25) is 0 Å². The number of rotatable bonds is 4. The fourth-order valence-electron chi connectivity index (χ4n) is 2.61. The first-order chi connectivity index (χ1) is 8.61. The van der Waals surface area contributed by atoms with Crippen LogP contribution >= 0.6 is 23.1 Å². The van der Waals surface area contributed by atoms with E-state index in [2.05, 4.69) is 19.2 Å². The Balaban J connectivity index is 2.00. The molecule has 4 heteroatoms. The molecule has 1 fully saturated rings. The molecule has 1 aliphatic rings. The van der Waals surface area contributed by atoms with Crippen LogP contribution < -0.4 is 5.32 Å². The average Bonchev–Trinajstić information content (AvgIpc) is 2.87. The van der Waals surface area contributed by atoms with Crippen LogP contribution in [0.4, 0.5) is 0 Å². The van der Waals surface area contributed by atoms with Gasteiger partial charge >= 0.3 is 0 Å². The second-order valence-corrected chi connectivity index (χ2v) is 7.81. The van der Waals surface area contributed by atoms with E-state index in [1.165, 1.54) is 17.7 Å². The van der Waals surface area contributed by atoms with Gasteiger partial charge in [0, 0.05) is 21.0 Å². The Kier molecular flexibility index (Phi) is 4.73. The molecule has 1 amide bonds. The summed E-state index contributed by atoms with van der Waals surface area (Å²) in [6.45, 7) is 6.27. The third-order valence-corrected chi connectivity index (χ3v) is 5.73. The molecule has 1 aromatic heterocycles. The minimum absolute atomic E-state index is 0.116. The molecule has 0 aliphatic heterocycles. The smallest absolute Gasteiger partial charge is 0.252 e. The van der Waals surface area contributed by atoms with E-state index in [4.69, 9.17) is 0 Å². The molecule has 0 bridgehead atoms. The van der Waals surface area contributed by atoms with Crippen LogP contribution in [-0.4, -0.2) is 23.0 Å². The minimum atomic E-state index is 0.116. The summed E-state index contributed by atoms with van der Waals surface area (Å²) in [7, 11) is 0. The Bertz CT molecular complexity index is 427. The molecule has 1 aliphatic carbocycles. The highest BCUT2D eigenvalue weighted by Crippen LogP contribution is 2.30. The first-order valence-electron chi connectivity index (χ1n) is 6.61. The summed E-state index contributed by atoms with van der Waals surface area (Å²) in [5.41, 5.74) is 0.865. The van der Waals surface area contributed by atoms with E-state index in [0.717, 1.165) is 22.6 Å². The summed E-state index contributed by atoms with van der Waals surface area (Å²) in [5, 5.41) is 3.84. The molecule has 1 N–H and O–H groups in total. The Hall–Kier alpha value is -0.480. The van der Waals surface area contributed by atoms with Crippen molar-refractivity contribution in [1.29, 1.82) is 0 Å². The van der Waals surface area contributed by atoms with Crippen LogP contribution in [0.15, 0.2) is 6.07 Å². The maximum absolute atomic E-state index is 12.3. The quantitative estimate of drug-likeness (QED) is 0.911. The molecule has 1 heterocycles. The van der Waals surface area contributed by atoms with Gasteiger partial charge in [0.25, 0.3) is 5.91 Å². The lowest BCUT2D eigenvalue weighted by molar-refractivity contribution is 0.0938. The van der Waals surface area contributed by atoms with Crippen LogP contribution in [0.5, 0.6) is 0 Å². The predicted molar refractivity (Wildman–Crippen MR) is 80.8 cm³/mol. The lowest BCUT2D eigenvalue weighted by Gasteiger charge is -2.20. The van der Waals surface area contributed by atoms with Crippen molar-refractivity contribution < 1.29 is 4.79 Å². The second-order valence-electron chi connectivity index (χ2n) is 4.83. The summed E-state index contributed by atoms with van der Waals surface area (Å²) < 4.78 is 0. The van der Waals surface area contributed by atoms with Crippen molar-refractivity contribution in [2.45, 2.75) is 51.3 Å². The molecular weight excluding hydrogens is 262 g/mol. The fourth-order valence-corrected chi connectivity index (χ4v) is 4.73. The largest absolute Gasteiger partial charge is 0.348 e. The first-order valence-corrected chi connectivity index (χ1v) is 8.47. The Morgan fingerprint density at radius 2 is 2.28 bits per heavy atom. The number of carbonyl (C=O) groups excluding carboxylic acids is 1. The third kappa shape index (κ3) is 3.09. The van der Waals surface area contributed by atoms with Crippen LogP contribution in [-0.2, 0) is 0 Å². The number of hydrogen-bond donors (Lipinski definition) is 1. The van der Waals surface area contributed by atoms with Gasteiger partial charge in [-0.1, -0.05) is 13.3 Å². The van der Waals surface area contributed by atoms with Crippen LogP contribution in [0.25, 0.3) is 0 Å². The zero-order chi connectivity index (χ0) is 13.1. The van der Waals surface area contributed by atoms with Gasteiger partial charge in [0.15, 0.2) is 0 Å². The molecule has 0 aromatic carbocycles. The van der Waals surface area contributed by atoms with E-state index in [1.54, 1.807) is 11.3 Å². The topological polar surface area (TPSA) is 29.1 Å². The molecule has 2 rings (SSSR count). The van der Waals surface area contributed by atoms with Crippen LogP contribution in [0, 0.1) is 13.8 Å². The van der Waals surface area contributed by atoms with E-state index in [9.17, 15) is 4.79 Å². The van der Waals surface area contributed by atoms with Crippen LogP contribution in [0.3, 0.4) is 0 Å². The van der Waals surface area contributed by atoms with Gasteiger partial charge in [-0.25, -0.2) is 0 Å². The minimum Gasteiger partial charge on any atom is -0.348 e. The third-order valence-electron chi connectivity index (χ3n) is 3.44. The molecule has 18 heavy (non-hydrogen) atoms. The number of aryl methyl sites for hydroxylation is 2. The lowest BCUT2D eigenvalue weighted by atomic mass is 10.2. The van der Waals surface area contributed by atoms with Gasteiger partial charge in [-0.05, 0) is 38.5 Å². The number of thiophene rings is 1. The molecular formula is C14H21NOS2. The predicted octanol–water partition coefficient (Wildman–Crippen LogP) is 3.77. The summed E-state index contributed by atoms with van der Waals surface area (Å²) >= 11 is 3.68. The van der Waals surface area contributed by atoms with Crippen LogP contribution in [0.2, 0.25) is 0 Å². The summed E-state index contributed by atoms with van der Waals surface area (Å²) in [4.78, 5) is 14.6. The first kappa shape index (κ1) is 13.9. The molecule has 0 radical (unpaired) electrons. The molecule has 2 atom stereocenters. The highest BCUT2D eigenvalue weighted by atomic mass is 32.2. The maximum atomic E-state index is 12.3. The Morgan fingerprint density at radius 1 is 1.50 bits per heavy atom. The SMILES string of the molecule is CCS[C@H]1CCC[C@H]1NC(=O)c1cc(C)sc1C. The maximum Gasteiger partial charge on any atom is 0.252 e. The van der Waals surface area contributed by atoms with E-state index in [-0.39, 0.29) is 5.91 Å². The highest BCUT2D eigenvalue weighted by molar-refractivity contribution is 7.99.